The van der Waals surface area contributed by atoms with Gasteiger partial charge in [-0.2, -0.15) is 0 Å². The van der Waals surface area contributed by atoms with Gasteiger partial charge in [-0.3, -0.25) is 0 Å². The minimum Gasteiger partial charge on any atom is -0.497 e. The van der Waals surface area contributed by atoms with Crippen LogP contribution in [-0.4, -0.2) is 21.6 Å². The van der Waals surface area contributed by atoms with Crippen molar-refractivity contribution < 1.29 is 4.74 Å². The van der Waals surface area contributed by atoms with E-state index in [0.717, 1.165) is 28.2 Å². The Morgan fingerprint density at radius 2 is 2.30 bits per heavy atom. The summed E-state index contributed by atoms with van der Waals surface area (Å²) in [7, 11) is 1.64. The number of hydrogen-bond acceptors (Lipinski definition) is 5. The van der Waals surface area contributed by atoms with Gasteiger partial charge in [-0.15, -0.1) is 11.3 Å². The predicted molar refractivity (Wildman–Crippen MR) is 81.2 cm³/mol. The SMILES string of the molecule is CCC(c1nccs1)n1c(N)nc2cc(OC)ccc21. The third kappa shape index (κ3) is 2.02. The van der Waals surface area contributed by atoms with Crippen LogP contribution in [0.1, 0.15) is 24.4 Å². The molecule has 3 aromatic rings. The Morgan fingerprint density at radius 1 is 1.45 bits per heavy atom. The zero-order chi connectivity index (χ0) is 14.1. The maximum absolute atomic E-state index is 6.12. The Balaban J connectivity index is 2.17. The topological polar surface area (TPSA) is 66.0 Å². The Labute approximate surface area is 121 Å². The Morgan fingerprint density at radius 3 is 2.95 bits per heavy atom. The molecule has 0 bridgehead atoms. The number of thiazole rings is 1. The number of benzene rings is 1. The van der Waals surface area contributed by atoms with Crippen LogP contribution in [0, 0.1) is 0 Å². The van der Waals surface area contributed by atoms with Crippen molar-refractivity contribution >= 4 is 28.3 Å². The second-order valence-electron chi connectivity index (χ2n) is 4.49. The molecule has 0 saturated carbocycles. The number of anilines is 1. The molecule has 1 unspecified atom stereocenters. The highest BCUT2D eigenvalue weighted by Crippen LogP contribution is 2.32. The molecule has 0 spiro atoms. The lowest BCUT2D eigenvalue weighted by Crippen LogP contribution is -2.12. The monoisotopic (exact) mass is 288 g/mol. The van der Waals surface area contributed by atoms with Crippen LogP contribution in [0.25, 0.3) is 11.0 Å². The molecule has 2 aromatic heterocycles. The molecule has 0 radical (unpaired) electrons. The van der Waals surface area contributed by atoms with E-state index < -0.39 is 0 Å². The summed E-state index contributed by atoms with van der Waals surface area (Å²) in [5.74, 6) is 1.29. The van der Waals surface area contributed by atoms with Crippen molar-refractivity contribution in [1.82, 2.24) is 14.5 Å². The average Bonchev–Trinajstić information content (AvgIpc) is 3.08. The summed E-state index contributed by atoms with van der Waals surface area (Å²) in [5, 5.41) is 3.03. The molecule has 0 fully saturated rings. The van der Waals surface area contributed by atoms with Gasteiger partial charge in [0.15, 0.2) is 0 Å². The molecule has 20 heavy (non-hydrogen) atoms. The van der Waals surface area contributed by atoms with Gasteiger partial charge in [-0.25, -0.2) is 9.97 Å². The van der Waals surface area contributed by atoms with Gasteiger partial charge in [-0.05, 0) is 18.6 Å². The summed E-state index contributed by atoms with van der Waals surface area (Å²) in [4.78, 5) is 8.85. The van der Waals surface area contributed by atoms with Gasteiger partial charge < -0.3 is 15.0 Å². The molecule has 0 amide bonds. The fourth-order valence-electron chi connectivity index (χ4n) is 2.42. The first-order chi connectivity index (χ1) is 9.74. The molecule has 2 N–H and O–H groups in total. The van der Waals surface area contributed by atoms with Crippen molar-refractivity contribution in [1.29, 1.82) is 0 Å². The number of imidazole rings is 1. The van der Waals surface area contributed by atoms with Crippen LogP contribution >= 0.6 is 11.3 Å². The smallest absolute Gasteiger partial charge is 0.201 e. The van der Waals surface area contributed by atoms with E-state index in [0.29, 0.717) is 5.95 Å². The third-order valence-corrected chi connectivity index (χ3v) is 4.24. The second-order valence-corrected chi connectivity index (χ2v) is 5.42. The summed E-state index contributed by atoms with van der Waals surface area (Å²) < 4.78 is 7.28. The van der Waals surface area contributed by atoms with Crippen molar-refractivity contribution in [2.75, 3.05) is 12.8 Å². The van der Waals surface area contributed by atoms with Crippen molar-refractivity contribution in [2.24, 2.45) is 0 Å². The van der Waals surface area contributed by atoms with Gasteiger partial charge in [0, 0.05) is 17.6 Å². The zero-order valence-electron chi connectivity index (χ0n) is 11.4. The number of nitrogens with two attached hydrogens (primary N) is 1. The van der Waals surface area contributed by atoms with Crippen LogP contribution in [0.15, 0.2) is 29.8 Å². The van der Waals surface area contributed by atoms with E-state index in [4.69, 9.17) is 10.5 Å². The number of ether oxygens (including phenoxy) is 1. The lowest BCUT2D eigenvalue weighted by atomic mass is 10.2. The fraction of sp³-hybridized carbons (Fsp3) is 0.286. The molecule has 0 aliphatic rings. The van der Waals surface area contributed by atoms with Gasteiger partial charge in [0.05, 0.1) is 24.2 Å². The van der Waals surface area contributed by atoms with Crippen LogP contribution in [-0.2, 0) is 0 Å². The van der Waals surface area contributed by atoms with E-state index in [1.165, 1.54) is 0 Å². The summed E-state index contributed by atoms with van der Waals surface area (Å²) in [5.41, 5.74) is 7.96. The number of rotatable bonds is 4. The zero-order valence-corrected chi connectivity index (χ0v) is 12.2. The van der Waals surface area contributed by atoms with Crippen molar-refractivity contribution in [3.8, 4) is 5.75 Å². The standard InChI is InChI=1S/C14H16N4OS/c1-3-11(13-16-6-7-20-13)18-12-5-4-9(19-2)8-10(12)17-14(18)15/h4-8,11H,3H2,1-2H3,(H2,15,17). The van der Waals surface area contributed by atoms with E-state index in [1.54, 1.807) is 18.4 Å². The van der Waals surface area contributed by atoms with Crippen LogP contribution in [0.4, 0.5) is 5.95 Å². The molecule has 104 valence electrons. The van der Waals surface area contributed by atoms with Gasteiger partial charge >= 0.3 is 0 Å². The molecule has 0 aliphatic heterocycles. The van der Waals surface area contributed by atoms with Crippen molar-refractivity contribution in [2.45, 2.75) is 19.4 Å². The lowest BCUT2D eigenvalue weighted by Gasteiger charge is -2.16. The van der Waals surface area contributed by atoms with E-state index in [9.17, 15) is 0 Å². The normalized spacial score (nSPS) is 12.7. The molecule has 1 aromatic carbocycles. The maximum atomic E-state index is 6.12. The van der Waals surface area contributed by atoms with Crippen LogP contribution in [0.3, 0.4) is 0 Å². The summed E-state index contributed by atoms with van der Waals surface area (Å²) in [6, 6.07) is 5.94. The second kappa shape index (κ2) is 5.13. The molecule has 2 heterocycles. The Bertz CT molecular complexity index is 720. The van der Waals surface area contributed by atoms with Crippen molar-refractivity contribution in [3.05, 3.63) is 34.8 Å². The van der Waals surface area contributed by atoms with Gasteiger partial charge in [0.2, 0.25) is 5.95 Å². The van der Waals surface area contributed by atoms with Gasteiger partial charge in [0.25, 0.3) is 0 Å². The summed E-state index contributed by atoms with van der Waals surface area (Å²) in [6.07, 6.45) is 2.73. The minimum absolute atomic E-state index is 0.119. The number of methoxy groups -OCH3 is 1. The van der Waals surface area contributed by atoms with Crippen LogP contribution in [0.5, 0.6) is 5.75 Å². The van der Waals surface area contributed by atoms with Crippen LogP contribution < -0.4 is 10.5 Å². The molecular weight excluding hydrogens is 272 g/mol. The number of nitrogens with zero attached hydrogens (tertiary/aromatic N) is 3. The third-order valence-electron chi connectivity index (χ3n) is 3.36. The molecule has 1 atom stereocenters. The molecule has 0 saturated heterocycles. The van der Waals surface area contributed by atoms with Gasteiger partial charge in [-0.1, -0.05) is 6.92 Å². The summed E-state index contributed by atoms with van der Waals surface area (Å²) >= 11 is 1.64. The van der Waals surface area contributed by atoms with E-state index in [1.807, 2.05) is 34.3 Å². The van der Waals surface area contributed by atoms with E-state index >= 15 is 0 Å². The first kappa shape index (κ1) is 12.9. The quantitative estimate of drug-likeness (QED) is 0.801. The molecule has 3 rings (SSSR count). The molecule has 0 aliphatic carbocycles. The Hall–Kier alpha value is -2.08. The van der Waals surface area contributed by atoms with E-state index in [-0.39, 0.29) is 6.04 Å². The first-order valence-corrected chi connectivity index (χ1v) is 7.33. The van der Waals surface area contributed by atoms with Crippen molar-refractivity contribution in [3.63, 3.8) is 0 Å². The highest BCUT2D eigenvalue weighted by Gasteiger charge is 2.20. The molecular formula is C14H16N4OS. The Kier molecular flexibility index (Phi) is 3.31. The number of aromatic nitrogens is 3. The largest absolute Gasteiger partial charge is 0.497 e. The number of hydrogen-bond donors (Lipinski definition) is 1. The highest BCUT2D eigenvalue weighted by molar-refractivity contribution is 7.09. The van der Waals surface area contributed by atoms with Gasteiger partial charge in [0.1, 0.15) is 10.8 Å². The molecule has 5 nitrogen and oxygen atoms in total. The lowest BCUT2D eigenvalue weighted by molar-refractivity contribution is 0.415. The predicted octanol–water partition coefficient (Wildman–Crippen LogP) is 3.08. The number of nitrogen functional groups attached to an aromatic ring is 1. The first-order valence-electron chi connectivity index (χ1n) is 6.45. The number of fused-ring (bicyclic) bond motifs is 1. The minimum atomic E-state index is 0.119. The highest BCUT2D eigenvalue weighted by atomic mass is 32.1. The van der Waals surface area contributed by atoms with E-state index in [2.05, 4.69) is 16.9 Å². The van der Waals surface area contributed by atoms with Crippen LogP contribution in [0.2, 0.25) is 0 Å². The summed E-state index contributed by atoms with van der Waals surface area (Å²) in [6.45, 7) is 2.13. The fourth-order valence-corrected chi connectivity index (χ4v) is 3.23. The molecule has 6 heteroatoms. The average molecular weight is 288 g/mol. The maximum Gasteiger partial charge on any atom is 0.201 e.